The van der Waals surface area contributed by atoms with Crippen molar-refractivity contribution in [2.24, 2.45) is 0 Å². The van der Waals surface area contributed by atoms with E-state index >= 15 is 0 Å². The van der Waals surface area contributed by atoms with Crippen LogP contribution in [0.4, 0.5) is 0 Å². The molecule has 0 amide bonds. The Morgan fingerprint density at radius 1 is 1.09 bits per heavy atom. The summed E-state index contributed by atoms with van der Waals surface area (Å²) in [5, 5.41) is 13.6. The molecule has 108 valence electrons. The predicted molar refractivity (Wildman–Crippen MR) is 86.5 cm³/mol. The fourth-order valence-corrected chi connectivity index (χ4v) is 2.84. The van der Waals surface area contributed by atoms with Crippen LogP contribution in [-0.2, 0) is 0 Å². The number of hydrogen-bond donors (Lipinski definition) is 0. The average Bonchev–Trinajstić information content (AvgIpc) is 3.22. The second kappa shape index (κ2) is 5.23. The molecular formula is C16H12N4OS. The minimum absolute atomic E-state index is 0.617. The Morgan fingerprint density at radius 3 is 2.73 bits per heavy atom. The first-order valence-corrected chi connectivity index (χ1v) is 7.62. The van der Waals surface area contributed by atoms with Gasteiger partial charge in [0, 0.05) is 0 Å². The van der Waals surface area contributed by atoms with Gasteiger partial charge in [-0.2, -0.15) is 9.61 Å². The minimum atomic E-state index is 0.617. The van der Waals surface area contributed by atoms with Crippen LogP contribution in [0.3, 0.4) is 0 Å². The van der Waals surface area contributed by atoms with Gasteiger partial charge >= 0.3 is 0 Å². The summed E-state index contributed by atoms with van der Waals surface area (Å²) >= 11 is 1.49. The molecule has 0 aliphatic rings. The third-order valence-electron chi connectivity index (χ3n) is 3.24. The van der Waals surface area contributed by atoms with Crippen LogP contribution in [0.15, 0.2) is 47.1 Å². The van der Waals surface area contributed by atoms with E-state index in [1.54, 1.807) is 10.8 Å². The molecule has 5 nitrogen and oxygen atoms in total. The Labute approximate surface area is 130 Å². The SMILES string of the molecule is Cc1ccc(C=Cc2nn3c(-c4ccco4)nnc3s2)cc1. The molecule has 0 unspecified atom stereocenters. The first kappa shape index (κ1) is 13.0. The van der Waals surface area contributed by atoms with E-state index in [1.165, 1.54) is 16.9 Å². The van der Waals surface area contributed by atoms with Crippen LogP contribution in [0.5, 0.6) is 0 Å². The molecule has 0 fully saturated rings. The molecule has 0 radical (unpaired) electrons. The molecule has 4 aromatic rings. The van der Waals surface area contributed by atoms with Gasteiger partial charge in [0.1, 0.15) is 5.01 Å². The van der Waals surface area contributed by atoms with E-state index in [1.807, 2.05) is 24.3 Å². The van der Waals surface area contributed by atoms with Crippen LogP contribution < -0.4 is 0 Å². The van der Waals surface area contributed by atoms with Crippen molar-refractivity contribution in [2.75, 3.05) is 0 Å². The predicted octanol–water partition coefficient (Wildman–Crippen LogP) is 3.92. The Balaban J connectivity index is 1.67. The summed E-state index contributed by atoms with van der Waals surface area (Å²) < 4.78 is 7.07. The van der Waals surface area contributed by atoms with Gasteiger partial charge in [0.15, 0.2) is 5.76 Å². The highest BCUT2D eigenvalue weighted by molar-refractivity contribution is 7.17. The lowest BCUT2D eigenvalue weighted by Crippen LogP contribution is -1.89. The topological polar surface area (TPSA) is 56.2 Å². The Morgan fingerprint density at radius 2 is 1.95 bits per heavy atom. The monoisotopic (exact) mass is 308 g/mol. The van der Waals surface area contributed by atoms with Crippen molar-refractivity contribution in [3.8, 4) is 11.6 Å². The summed E-state index contributed by atoms with van der Waals surface area (Å²) in [7, 11) is 0. The van der Waals surface area contributed by atoms with Gasteiger partial charge in [0.05, 0.1) is 6.26 Å². The van der Waals surface area contributed by atoms with Crippen LogP contribution in [0, 0.1) is 6.92 Å². The molecule has 0 N–H and O–H groups in total. The largest absolute Gasteiger partial charge is 0.461 e. The Kier molecular flexibility index (Phi) is 3.08. The molecule has 3 heterocycles. The van der Waals surface area contributed by atoms with E-state index in [9.17, 15) is 0 Å². The van der Waals surface area contributed by atoms with E-state index in [4.69, 9.17) is 4.42 Å². The standard InChI is InChI=1S/C16H12N4OS/c1-11-4-6-12(7-5-11)8-9-14-19-20-15(13-3-2-10-21-13)17-18-16(20)22-14/h2-10H,1H3. The van der Waals surface area contributed by atoms with Crippen LogP contribution >= 0.6 is 11.3 Å². The molecule has 6 heteroatoms. The molecule has 0 atom stereocenters. The van der Waals surface area contributed by atoms with Crippen LogP contribution in [0.25, 0.3) is 28.7 Å². The van der Waals surface area contributed by atoms with Crippen molar-refractivity contribution >= 4 is 28.4 Å². The number of rotatable bonds is 3. The van der Waals surface area contributed by atoms with Crippen molar-refractivity contribution in [1.29, 1.82) is 0 Å². The molecule has 0 saturated carbocycles. The van der Waals surface area contributed by atoms with Crippen molar-refractivity contribution in [3.63, 3.8) is 0 Å². The van der Waals surface area contributed by atoms with Crippen molar-refractivity contribution < 1.29 is 4.42 Å². The first-order valence-electron chi connectivity index (χ1n) is 6.80. The fraction of sp³-hybridized carbons (Fsp3) is 0.0625. The van der Waals surface area contributed by atoms with Gasteiger partial charge in [-0.15, -0.1) is 10.2 Å². The number of aryl methyl sites for hydroxylation is 1. The normalized spacial score (nSPS) is 11.7. The molecule has 0 aliphatic heterocycles. The fourth-order valence-electron chi connectivity index (χ4n) is 2.10. The molecule has 0 aliphatic carbocycles. The van der Waals surface area contributed by atoms with E-state index in [0.717, 1.165) is 15.5 Å². The molecule has 0 saturated heterocycles. The number of fused-ring (bicyclic) bond motifs is 1. The van der Waals surface area contributed by atoms with E-state index in [0.29, 0.717) is 11.6 Å². The summed E-state index contributed by atoms with van der Waals surface area (Å²) in [6.45, 7) is 2.08. The molecule has 22 heavy (non-hydrogen) atoms. The van der Waals surface area contributed by atoms with Gasteiger partial charge in [-0.3, -0.25) is 0 Å². The summed E-state index contributed by atoms with van der Waals surface area (Å²) in [5.74, 6) is 1.28. The molecule has 1 aromatic carbocycles. The summed E-state index contributed by atoms with van der Waals surface area (Å²) in [4.78, 5) is 0.745. The molecule has 4 rings (SSSR count). The van der Waals surface area contributed by atoms with Gasteiger partial charge in [0.2, 0.25) is 10.8 Å². The van der Waals surface area contributed by atoms with Gasteiger partial charge in [0.25, 0.3) is 0 Å². The molecular weight excluding hydrogens is 296 g/mol. The molecule has 0 bridgehead atoms. The number of furan rings is 1. The lowest BCUT2D eigenvalue weighted by atomic mass is 10.1. The lowest BCUT2D eigenvalue weighted by molar-refractivity contribution is 0.575. The zero-order chi connectivity index (χ0) is 14.9. The zero-order valence-corrected chi connectivity index (χ0v) is 12.6. The highest BCUT2D eigenvalue weighted by atomic mass is 32.1. The van der Waals surface area contributed by atoms with Crippen LogP contribution in [0.1, 0.15) is 16.1 Å². The van der Waals surface area contributed by atoms with Crippen LogP contribution in [-0.4, -0.2) is 19.8 Å². The lowest BCUT2D eigenvalue weighted by Gasteiger charge is -1.93. The van der Waals surface area contributed by atoms with E-state index < -0.39 is 0 Å². The molecule has 0 spiro atoms. The second-order valence-corrected chi connectivity index (χ2v) is 5.87. The van der Waals surface area contributed by atoms with E-state index in [-0.39, 0.29) is 0 Å². The van der Waals surface area contributed by atoms with Crippen LogP contribution in [0.2, 0.25) is 0 Å². The Hall–Kier alpha value is -2.73. The zero-order valence-electron chi connectivity index (χ0n) is 11.8. The molecule has 3 aromatic heterocycles. The maximum atomic E-state index is 5.36. The van der Waals surface area contributed by atoms with E-state index in [2.05, 4.69) is 46.5 Å². The third-order valence-corrected chi connectivity index (χ3v) is 4.11. The second-order valence-electron chi connectivity index (χ2n) is 4.88. The highest BCUT2D eigenvalue weighted by Gasteiger charge is 2.14. The first-order chi connectivity index (χ1) is 10.8. The third kappa shape index (κ3) is 2.33. The number of nitrogens with zero attached hydrogens (tertiary/aromatic N) is 4. The van der Waals surface area contributed by atoms with Crippen molar-refractivity contribution in [2.45, 2.75) is 6.92 Å². The summed E-state index contributed by atoms with van der Waals surface area (Å²) in [5.41, 5.74) is 2.39. The van der Waals surface area contributed by atoms with Gasteiger partial charge in [-0.05, 0) is 30.7 Å². The quantitative estimate of drug-likeness (QED) is 0.575. The van der Waals surface area contributed by atoms with Crippen molar-refractivity contribution in [3.05, 3.63) is 58.8 Å². The van der Waals surface area contributed by atoms with Gasteiger partial charge in [-0.1, -0.05) is 47.2 Å². The maximum absolute atomic E-state index is 5.36. The highest BCUT2D eigenvalue weighted by Crippen LogP contribution is 2.22. The minimum Gasteiger partial charge on any atom is -0.461 e. The van der Waals surface area contributed by atoms with Crippen molar-refractivity contribution in [1.82, 2.24) is 19.8 Å². The smallest absolute Gasteiger partial charge is 0.235 e. The summed E-state index contributed by atoms with van der Waals surface area (Å²) in [6.07, 6.45) is 5.63. The average molecular weight is 308 g/mol. The number of benzene rings is 1. The van der Waals surface area contributed by atoms with Gasteiger partial charge in [-0.25, -0.2) is 0 Å². The number of hydrogen-bond acceptors (Lipinski definition) is 5. The Bertz CT molecular complexity index is 933. The number of aromatic nitrogens is 4. The van der Waals surface area contributed by atoms with Gasteiger partial charge < -0.3 is 4.42 Å². The summed E-state index contributed by atoms with van der Waals surface area (Å²) in [6, 6.07) is 12.0. The maximum Gasteiger partial charge on any atom is 0.235 e.